The molecule has 0 fully saturated rings. The highest BCUT2D eigenvalue weighted by atomic mass is 16.5. The molecule has 0 saturated carbocycles. The van der Waals surface area contributed by atoms with E-state index in [9.17, 15) is 4.79 Å². The molecular formula is C21H25NO3. The molecule has 0 radical (unpaired) electrons. The van der Waals surface area contributed by atoms with Gasteiger partial charge in [0.05, 0.1) is 19.2 Å². The summed E-state index contributed by atoms with van der Waals surface area (Å²) in [4.78, 5) is 12.4. The summed E-state index contributed by atoms with van der Waals surface area (Å²) >= 11 is 0. The Morgan fingerprint density at radius 2 is 2.00 bits per heavy atom. The molecule has 1 aliphatic rings. The lowest BCUT2D eigenvalue weighted by atomic mass is 9.86. The lowest BCUT2D eigenvalue weighted by molar-refractivity contribution is 0.0930. The molecule has 0 bridgehead atoms. The number of carbonyl (C=O) groups excluding carboxylic acids is 1. The maximum Gasteiger partial charge on any atom is 0.255 e. The molecule has 2 aromatic carbocycles. The fourth-order valence-electron chi connectivity index (χ4n) is 3.03. The average molecular weight is 339 g/mol. The topological polar surface area (TPSA) is 47.6 Å². The molecule has 1 aliphatic heterocycles. The Morgan fingerprint density at radius 3 is 2.72 bits per heavy atom. The highest BCUT2D eigenvalue weighted by Crippen LogP contribution is 2.33. The minimum atomic E-state index is -0.146. The van der Waals surface area contributed by atoms with Crippen molar-refractivity contribution < 1.29 is 14.3 Å². The number of fused-ring (bicyclic) bond motifs is 1. The van der Waals surface area contributed by atoms with Gasteiger partial charge < -0.3 is 14.8 Å². The molecule has 4 heteroatoms. The van der Waals surface area contributed by atoms with E-state index in [4.69, 9.17) is 9.47 Å². The minimum absolute atomic E-state index is 0.0381. The van der Waals surface area contributed by atoms with Gasteiger partial charge in [-0.15, -0.1) is 0 Å². The maximum absolute atomic E-state index is 12.4. The Labute approximate surface area is 149 Å². The predicted molar refractivity (Wildman–Crippen MR) is 98.6 cm³/mol. The summed E-state index contributed by atoms with van der Waals surface area (Å²) in [5.41, 5.74) is 3.17. The molecule has 3 rings (SSSR count). The standard InChI is InChI=1S/C21H25NO3/c1-21(2,3)15-9-10-18-14(11-15)12-16(25-18)13-22-20(23)17-7-5-6-8-19(17)24-4/h5-11,16H,12-13H2,1-4H3,(H,22,23). The summed E-state index contributed by atoms with van der Waals surface area (Å²) in [5, 5.41) is 2.95. The van der Waals surface area contributed by atoms with E-state index in [1.165, 1.54) is 11.1 Å². The number of methoxy groups -OCH3 is 1. The second-order valence-corrected chi connectivity index (χ2v) is 7.43. The zero-order chi connectivity index (χ0) is 18.0. The number of para-hydroxylation sites is 1. The largest absolute Gasteiger partial charge is 0.496 e. The van der Waals surface area contributed by atoms with E-state index in [1.807, 2.05) is 18.2 Å². The number of hydrogen-bond donors (Lipinski definition) is 1. The van der Waals surface area contributed by atoms with E-state index in [-0.39, 0.29) is 17.4 Å². The molecular weight excluding hydrogens is 314 g/mol. The fraction of sp³-hybridized carbons (Fsp3) is 0.381. The second-order valence-electron chi connectivity index (χ2n) is 7.43. The van der Waals surface area contributed by atoms with Crippen molar-refractivity contribution in [2.45, 2.75) is 38.7 Å². The van der Waals surface area contributed by atoms with Crippen molar-refractivity contribution in [2.75, 3.05) is 13.7 Å². The molecule has 1 unspecified atom stereocenters. The number of nitrogens with one attached hydrogen (secondary N) is 1. The van der Waals surface area contributed by atoms with Crippen LogP contribution in [0.1, 0.15) is 42.3 Å². The van der Waals surface area contributed by atoms with Crippen LogP contribution in [0.15, 0.2) is 42.5 Å². The molecule has 25 heavy (non-hydrogen) atoms. The molecule has 1 amide bonds. The number of carbonyl (C=O) groups is 1. The van der Waals surface area contributed by atoms with Crippen LogP contribution in [-0.4, -0.2) is 25.7 Å². The van der Waals surface area contributed by atoms with E-state index in [0.29, 0.717) is 17.9 Å². The molecule has 0 aliphatic carbocycles. The van der Waals surface area contributed by atoms with Gasteiger partial charge in [0.15, 0.2) is 0 Å². The summed E-state index contributed by atoms with van der Waals surface area (Å²) in [5.74, 6) is 1.35. The van der Waals surface area contributed by atoms with Gasteiger partial charge in [0, 0.05) is 6.42 Å². The Hall–Kier alpha value is -2.49. The predicted octanol–water partition coefficient (Wildman–Crippen LogP) is 3.73. The lowest BCUT2D eigenvalue weighted by Gasteiger charge is -2.19. The van der Waals surface area contributed by atoms with Gasteiger partial charge >= 0.3 is 0 Å². The Balaban J connectivity index is 1.63. The van der Waals surface area contributed by atoms with E-state index < -0.39 is 0 Å². The van der Waals surface area contributed by atoms with E-state index in [0.717, 1.165) is 12.2 Å². The molecule has 0 spiro atoms. The normalized spacial score (nSPS) is 16.1. The first-order valence-corrected chi connectivity index (χ1v) is 8.60. The quantitative estimate of drug-likeness (QED) is 0.923. The summed E-state index contributed by atoms with van der Waals surface area (Å²) in [6, 6.07) is 13.6. The number of hydrogen-bond acceptors (Lipinski definition) is 3. The monoisotopic (exact) mass is 339 g/mol. The number of amides is 1. The molecule has 132 valence electrons. The molecule has 1 N–H and O–H groups in total. The first-order chi connectivity index (χ1) is 11.9. The van der Waals surface area contributed by atoms with Gasteiger partial charge in [-0.3, -0.25) is 4.79 Å². The maximum atomic E-state index is 12.4. The molecule has 0 saturated heterocycles. The van der Waals surface area contributed by atoms with Crippen molar-refractivity contribution in [2.24, 2.45) is 0 Å². The highest BCUT2D eigenvalue weighted by molar-refractivity contribution is 5.96. The zero-order valence-electron chi connectivity index (χ0n) is 15.3. The van der Waals surface area contributed by atoms with Gasteiger partial charge in [0.1, 0.15) is 17.6 Å². The molecule has 0 aromatic heterocycles. The lowest BCUT2D eigenvalue weighted by Crippen LogP contribution is -2.34. The van der Waals surface area contributed by atoms with Gasteiger partial charge in [-0.1, -0.05) is 45.0 Å². The third-order valence-electron chi connectivity index (χ3n) is 4.51. The first kappa shape index (κ1) is 17.3. The summed E-state index contributed by atoms with van der Waals surface area (Å²) in [6.07, 6.45) is 0.773. The Morgan fingerprint density at radius 1 is 1.24 bits per heavy atom. The van der Waals surface area contributed by atoms with Gasteiger partial charge in [-0.25, -0.2) is 0 Å². The average Bonchev–Trinajstić information content (AvgIpc) is 3.01. The van der Waals surface area contributed by atoms with Crippen LogP contribution in [0.5, 0.6) is 11.5 Å². The van der Waals surface area contributed by atoms with Crippen LogP contribution >= 0.6 is 0 Å². The van der Waals surface area contributed by atoms with Crippen LogP contribution in [0.25, 0.3) is 0 Å². The molecule has 4 nitrogen and oxygen atoms in total. The van der Waals surface area contributed by atoms with Gasteiger partial charge in [0.2, 0.25) is 0 Å². The SMILES string of the molecule is COc1ccccc1C(=O)NCC1Cc2cc(C(C)(C)C)ccc2O1. The molecule has 1 heterocycles. The summed E-state index contributed by atoms with van der Waals surface area (Å²) in [6.45, 7) is 7.08. The highest BCUT2D eigenvalue weighted by Gasteiger charge is 2.25. The van der Waals surface area contributed by atoms with Crippen LogP contribution in [-0.2, 0) is 11.8 Å². The zero-order valence-corrected chi connectivity index (χ0v) is 15.3. The third-order valence-corrected chi connectivity index (χ3v) is 4.51. The van der Waals surface area contributed by atoms with Crippen molar-refractivity contribution in [3.63, 3.8) is 0 Å². The van der Waals surface area contributed by atoms with Crippen molar-refractivity contribution in [3.8, 4) is 11.5 Å². The Bertz CT molecular complexity index is 777. The van der Waals surface area contributed by atoms with Crippen molar-refractivity contribution in [3.05, 3.63) is 59.2 Å². The molecule has 2 aromatic rings. The third kappa shape index (κ3) is 3.78. The van der Waals surface area contributed by atoms with Crippen LogP contribution < -0.4 is 14.8 Å². The smallest absolute Gasteiger partial charge is 0.255 e. The minimum Gasteiger partial charge on any atom is -0.496 e. The van der Waals surface area contributed by atoms with Crippen LogP contribution in [0.3, 0.4) is 0 Å². The second kappa shape index (κ2) is 6.79. The summed E-state index contributed by atoms with van der Waals surface area (Å²) < 4.78 is 11.2. The fourth-order valence-corrected chi connectivity index (χ4v) is 3.03. The summed E-state index contributed by atoms with van der Waals surface area (Å²) in [7, 11) is 1.57. The van der Waals surface area contributed by atoms with Crippen LogP contribution in [0.2, 0.25) is 0 Å². The van der Waals surface area contributed by atoms with Crippen LogP contribution in [0.4, 0.5) is 0 Å². The molecule has 1 atom stereocenters. The van der Waals surface area contributed by atoms with Gasteiger partial charge in [-0.2, -0.15) is 0 Å². The van der Waals surface area contributed by atoms with E-state index in [2.05, 4.69) is 38.2 Å². The number of rotatable bonds is 4. The van der Waals surface area contributed by atoms with Gasteiger partial charge in [-0.05, 0) is 34.7 Å². The first-order valence-electron chi connectivity index (χ1n) is 8.60. The van der Waals surface area contributed by atoms with Crippen molar-refractivity contribution in [1.82, 2.24) is 5.32 Å². The van der Waals surface area contributed by atoms with Crippen molar-refractivity contribution in [1.29, 1.82) is 0 Å². The van der Waals surface area contributed by atoms with E-state index in [1.54, 1.807) is 19.2 Å². The Kier molecular flexibility index (Phi) is 4.71. The number of ether oxygens (including phenoxy) is 2. The number of benzene rings is 2. The van der Waals surface area contributed by atoms with Crippen LogP contribution in [0, 0.1) is 0 Å². The van der Waals surface area contributed by atoms with E-state index >= 15 is 0 Å². The van der Waals surface area contributed by atoms with Gasteiger partial charge in [0.25, 0.3) is 5.91 Å². The van der Waals surface area contributed by atoms with Crippen molar-refractivity contribution >= 4 is 5.91 Å².